The second kappa shape index (κ2) is 5.19. The summed E-state index contributed by atoms with van der Waals surface area (Å²) in [5, 5.41) is 6.12. The number of likely N-dealkylation sites (N-methyl/N-ethyl adjacent to an activating group) is 1. The van der Waals surface area contributed by atoms with Crippen LogP contribution in [0.5, 0.6) is 0 Å². The summed E-state index contributed by atoms with van der Waals surface area (Å²) in [5.41, 5.74) is 0. The zero-order valence-corrected chi connectivity index (χ0v) is 8.47. The van der Waals surface area contributed by atoms with Crippen LogP contribution in [0.1, 0.15) is 6.42 Å². The third-order valence-corrected chi connectivity index (χ3v) is 2.29. The fourth-order valence-electron chi connectivity index (χ4n) is 1.43. The Hall–Kier alpha value is -0.610. The monoisotopic (exact) mass is 185 g/mol. The Morgan fingerprint density at radius 1 is 1.62 bits per heavy atom. The predicted molar refractivity (Wildman–Crippen MR) is 52.5 cm³/mol. The van der Waals surface area contributed by atoms with E-state index < -0.39 is 0 Å². The van der Waals surface area contributed by atoms with Crippen LogP contribution in [0, 0.1) is 5.92 Å². The highest BCUT2D eigenvalue weighted by Crippen LogP contribution is 2.06. The summed E-state index contributed by atoms with van der Waals surface area (Å²) in [5.74, 6) is 0.397. The molecule has 1 atom stereocenters. The van der Waals surface area contributed by atoms with Gasteiger partial charge in [0.2, 0.25) is 5.91 Å². The molecule has 0 aliphatic carbocycles. The van der Waals surface area contributed by atoms with Gasteiger partial charge in [-0.05, 0) is 27.1 Å². The first-order chi connectivity index (χ1) is 6.20. The molecule has 0 bridgehead atoms. The highest BCUT2D eigenvalue weighted by molar-refractivity contribution is 5.79. The first kappa shape index (κ1) is 10.5. The van der Waals surface area contributed by atoms with Gasteiger partial charge in [0, 0.05) is 19.6 Å². The molecule has 0 aromatic heterocycles. The molecular weight excluding hydrogens is 166 g/mol. The number of amides is 1. The molecule has 1 aliphatic rings. The van der Waals surface area contributed by atoms with Crippen LogP contribution in [-0.2, 0) is 4.79 Å². The first-order valence-corrected chi connectivity index (χ1v) is 4.83. The first-order valence-electron chi connectivity index (χ1n) is 4.83. The van der Waals surface area contributed by atoms with Crippen molar-refractivity contribution < 1.29 is 4.79 Å². The SMILES string of the molecule is CN(C)CCNC(=O)C1CCNC1. The van der Waals surface area contributed by atoms with E-state index in [2.05, 4.69) is 15.5 Å². The number of carbonyl (C=O) groups is 1. The Balaban J connectivity index is 2.10. The highest BCUT2D eigenvalue weighted by atomic mass is 16.1. The molecule has 0 spiro atoms. The van der Waals surface area contributed by atoms with E-state index in [1.165, 1.54) is 0 Å². The average Bonchev–Trinajstić information content (AvgIpc) is 2.55. The predicted octanol–water partition coefficient (Wildman–Crippen LogP) is -0.726. The molecule has 0 saturated carbocycles. The van der Waals surface area contributed by atoms with Crippen molar-refractivity contribution in [3.8, 4) is 0 Å². The quantitative estimate of drug-likeness (QED) is 0.607. The van der Waals surface area contributed by atoms with Crippen molar-refractivity contribution in [3.05, 3.63) is 0 Å². The summed E-state index contributed by atoms with van der Waals surface area (Å²) in [4.78, 5) is 13.5. The normalized spacial score (nSPS) is 22.2. The van der Waals surface area contributed by atoms with Gasteiger partial charge in [-0.3, -0.25) is 4.79 Å². The molecular formula is C9H19N3O. The molecule has 4 heteroatoms. The van der Waals surface area contributed by atoms with Crippen molar-refractivity contribution >= 4 is 5.91 Å². The van der Waals surface area contributed by atoms with E-state index in [0.717, 1.165) is 32.6 Å². The lowest BCUT2D eigenvalue weighted by Crippen LogP contribution is -2.36. The standard InChI is InChI=1S/C9H19N3O/c1-12(2)6-5-11-9(13)8-3-4-10-7-8/h8,10H,3-7H2,1-2H3,(H,11,13). The van der Waals surface area contributed by atoms with Gasteiger partial charge in [-0.1, -0.05) is 0 Å². The largest absolute Gasteiger partial charge is 0.355 e. The summed E-state index contributed by atoms with van der Waals surface area (Å²) < 4.78 is 0. The molecule has 13 heavy (non-hydrogen) atoms. The van der Waals surface area contributed by atoms with Crippen LogP contribution in [0.15, 0.2) is 0 Å². The number of hydrogen-bond donors (Lipinski definition) is 2. The van der Waals surface area contributed by atoms with Crippen molar-refractivity contribution in [3.63, 3.8) is 0 Å². The molecule has 1 amide bonds. The van der Waals surface area contributed by atoms with Crippen molar-refractivity contribution in [1.82, 2.24) is 15.5 Å². The molecule has 2 N–H and O–H groups in total. The molecule has 0 radical (unpaired) electrons. The van der Waals surface area contributed by atoms with Crippen LogP contribution in [0.3, 0.4) is 0 Å². The summed E-state index contributed by atoms with van der Waals surface area (Å²) >= 11 is 0. The molecule has 76 valence electrons. The number of nitrogens with one attached hydrogen (secondary N) is 2. The van der Waals surface area contributed by atoms with Crippen LogP contribution in [-0.4, -0.2) is 51.1 Å². The summed E-state index contributed by atoms with van der Waals surface area (Å²) in [7, 11) is 4.01. The van der Waals surface area contributed by atoms with Gasteiger partial charge < -0.3 is 15.5 Å². The van der Waals surface area contributed by atoms with Gasteiger partial charge in [0.05, 0.1) is 5.92 Å². The molecule has 1 aliphatic heterocycles. The van der Waals surface area contributed by atoms with Crippen LogP contribution in [0.25, 0.3) is 0 Å². The van der Waals surface area contributed by atoms with Gasteiger partial charge in [0.25, 0.3) is 0 Å². The van der Waals surface area contributed by atoms with Gasteiger partial charge in [-0.2, -0.15) is 0 Å². The number of rotatable bonds is 4. The van der Waals surface area contributed by atoms with Crippen LogP contribution in [0.2, 0.25) is 0 Å². The minimum Gasteiger partial charge on any atom is -0.355 e. The Bertz CT molecular complexity index is 164. The average molecular weight is 185 g/mol. The van der Waals surface area contributed by atoms with E-state index in [9.17, 15) is 4.79 Å². The van der Waals surface area contributed by atoms with E-state index in [1.54, 1.807) is 0 Å². The maximum Gasteiger partial charge on any atom is 0.224 e. The molecule has 1 fully saturated rings. The van der Waals surface area contributed by atoms with Crippen molar-refractivity contribution in [2.75, 3.05) is 40.3 Å². The molecule has 1 saturated heterocycles. The zero-order chi connectivity index (χ0) is 9.68. The molecule has 0 aromatic carbocycles. The molecule has 1 rings (SSSR count). The van der Waals surface area contributed by atoms with Crippen molar-refractivity contribution in [1.29, 1.82) is 0 Å². The molecule has 1 heterocycles. The fraction of sp³-hybridized carbons (Fsp3) is 0.889. The summed E-state index contributed by atoms with van der Waals surface area (Å²) in [6.45, 7) is 3.48. The minimum atomic E-state index is 0.196. The van der Waals surface area contributed by atoms with E-state index >= 15 is 0 Å². The van der Waals surface area contributed by atoms with E-state index in [0.29, 0.717) is 0 Å². The van der Waals surface area contributed by atoms with Crippen molar-refractivity contribution in [2.45, 2.75) is 6.42 Å². The lowest BCUT2D eigenvalue weighted by atomic mass is 10.1. The van der Waals surface area contributed by atoms with Crippen LogP contribution >= 0.6 is 0 Å². The number of carbonyl (C=O) groups excluding carboxylic acids is 1. The second-order valence-corrected chi connectivity index (χ2v) is 3.78. The maximum atomic E-state index is 11.5. The second-order valence-electron chi connectivity index (χ2n) is 3.78. The lowest BCUT2D eigenvalue weighted by Gasteiger charge is -2.12. The lowest BCUT2D eigenvalue weighted by molar-refractivity contribution is -0.124. The smallest absolute Gasteiger partial charge is 0.224 e. The fourth-order valence-corrected chi connectivity index (χ4v) is 1.43. The van der Waals surface area contributed by atoms with E-state index in [4.69, 9.17) is 0 Å². The van der Waals surface area contributed by atoms with Crippen LogP contribution in [0.4, 0.5) is 0 Å². The summed E-state index contributed by atoms with van der Waals surface area (Å²) in [6.07, 6.45) is 0.980. The van der Waals surface area contributed by atoms with Gasteiger partial charge in [0.15, 0.2) is 0 Å². The summed E-state index contributed by atoms with van der Waals surface area (Å²) in [6, 6.07) is 0. The zero-order valence-electron chi connectivity index (χ0n) is 8.47. The van der Waals surface area contributed by atoms with E-state index in [1.807, 2.05) is 14.1 Å². The van der Waals surface area contributed by atoms with Crippen molar-refractivity contribution in [2.24, 2.45) is 5.92 Å². The van der Waals surface area contributed by atoms with E-state index in [-0.39, 0.29) is 11.8 Å². The Kier molecular flexibility index (Phi) is 4.18. The molecule has 0 aromatic rings. The maximum absolute atomic E-state index is 11.5. The Labute approximate surface area is 79.7 Å². The molecule has 4 nitrogen and oxygen atoms in total. The Morgan fingerprint density at radius 3 is 2.92 bits per heavy atom. The number of nitrogens with zero attached hydrogens (tertiary/aromatic N) is 1. The van der Waals surface area contributed by atoms with Gasteiger partial charge in [-0.25, -0.2) is 0 Å². The highest BCUT2D eigenvalue weighted by Gasteiger charge is 2.21. The van der Waals surface area contributed by atoms with Crippen LogP contribution < -0.4 is 10.6 Å². The topological polar surface area (TPSA) is 44.4 Å². The third kappa shape index (κ3) is 3.74. The van der Waals surface area contributed by atoms with Gasteiger partial charge >= 0.3 is 0 Å². The molecule has 1 unspecified atom stereocenters. The van der Waals surface area contributed by atoms with Gasteiger partial charge in [0.1, 0.15) is 0 Å². The third-order valence-electron chi connectivity index (χ3n) is 2.29. The van der Waals surface area contributed by atoms with Gasteiger partial charge in [-0.15, -0.1) is 0 Å². The Morgan fingerprint density at radius 2 is 2.38 bits per heavy atom. The number of hydrogen-bond acceptors (Lipinski definition) is 3. The minimum absolute atomic E-state index is 0.196.